The highest BCUT2D eigenvalue weighted by atomic mass is 79.9. The van der Waals surface area contributed by atoms with E-state index < -0.39 is 87.5 Å². The zero-order chi connectivity index (χ0) is 81.8. The van der Waals surface area contributed by atoms with Crippen molar-refractivity contribution in [3.63, 3.8) is 0 Å². The van der Waals surface area contributed by atoms with Crippen molar-refractivity contribution in [2.45, 2.75) is 183 Å². The van der Waals surface area contributed by atoms with E-state index >= 15 is 8.78 Å². The van der Waals surface area contributed by atoms with E-state index in [-0.39, 0.29) is 129 Å². The highest BCUT2D eigenvalue weighted by Crippen LogP contribution is 2.44. The molecule has 7 aromatic heterocycles. The molecule has 7 fully saturated rings. The minimum Gasteiger partial charge on any atom is -0.384 e. The number of primary amides is 1. The molecule has 7 aromatic rings. The lowest BCUT2D eigenvalue weighted by atomic mass is 9.87. The van der Waals surface area contributed by atoms with Crippen LogP contribution in [0, 0.1) is 17.8 Å². The van der Waals surface area contributed by atoms with Crippen molar-refractivity contribution < 1.29 is 55.9 Å². The van der Waals surface area contributed by atoms with E-state index in [9.17, 15) is 66.3 Å². The van der Waals surface area contributed by atoms with Crippen LogP contribution in [0.25, 0.3) is 0 Å². The molecule has 7 aliphatic carbocycles. The molecule has 7 amide bonds. The number of alkyl halides is 4. The van der Waals surface area contributed by atoms with Crippen LogP contribution in [0.5, 0.6) is 0 Å². The standard InChI is InChI=1S/2C20H20ClFN6O3.C12H11BrClFN2O2.C8H10N4O.C6H4BrClN2O2.C6H9FO/c2*21-11-7-12(25-14-8-15(24-9-23-14)26-17(29)10-4-5-10)19(31)28-16(11)18(30)27-20(28)6-2-1-3-13(20)22;13-6-5-7(14)9-10(18)16-12(17(9)11(6)19)4-2-1-3-8(12)15;9-6-3-7(11-4-10-6)12-8(13)5-1-2-5;7-2-1-3(8)4(5(9)11)10-6(2)12;7-5-3-1-2-4-6(5)8/h2*7-10,13H,1-6H2,(H,27,30)(H2,23,24,25,26,29);5,8H,1-4H2,(H,16,18);3-5H,1-2H2,(H3,9,10,11,12,13);1H,(H2,9,11)(H,10,12);5H,1-4H2. The van der Waals surface area contributed by atoms with Gasteiger partial charge in [-0.25, -0.2) is 47.5 Å². The second-order valence-electron chi connectivity index (χ2n) is 28.6. The van der Waals surface area contributed by atoms with Crippen LogP contribution in [-0.4, -0.2) is 120 Å². The summed E-state index contributed by atoms with van der Waals surface area (Å²) in [5.74, 6) is -0.629. The van der Waals surface area contributed by atoms with Crippen molar-refractivity contribution in [3.05, 3.63) is 155 Å². The van der Waals surface area contributed by atoms with E-state index in [1.54, 1.807) is 6.07 Å². The van der Waals surface area contributed by atoms with Crippen LogP contribution in [0.1, 0.15) is 183 Å². The SMILES string of the molecule is NC(=O)c1[nH]c(=O)c(Br)cc1Cl.Nc1cc(NC(=O)C2CC2)ncn1.O=C1CCCCC1F.O=C1NC2(CCCCC2F)n2c1c(Cl)cc(Br)c2=O.O=C1NC2(CCCCC2F)n2c1c(Cl)cc(Nc1cc(NC(=O)C3CC3)ncn1)c2=O.O=C1NC2(CCCCC2F)n2c1c(Cl)cc(Nc1cc(NC(=O)C3CC3)ncn1)c2=O. The largest absolute Gasteiger partial charge is 0.384 e. The molecule has 7 saturated carbocycles. The number of ketones is 1. The van der Waals surface area contributed by atoms with Crippen molar-refractivity contribution in [3.8, 4) is 0 Å². The summed E-state index contributed by atoms with van der Waals surface area (Å²) in [5.41, 5.74) is 4.17. The molecule has 10 aliphatic rings. The number of nitrogens with two attached hydrogens (primary N) is 2. The van der Waals surface area contributed by atoms with Crippen LogP contribution in [0.2, 0.25) is 20.1 Å². The number of aromatic amines is 1. The Hall–Kier alpha value is -9.76. The molecule has 114 heavy (non-hydrogen) atoms. The lowest BCUT2D eigenvalue weighted by Crippen LogP contribution is -2.55. The Morgan fingerprint density at radius 1 is 0.447 bits per heavy atom. The van der Waals surface area contributed by atoms with E-state index in [1.807, 2.05) is 0 Å². The van der Waals surface area contributed by atoms with Gasteiger partial charge in [0.15, 0.2) is 28.9 Å². The molecule has 7 atom stereocenters. The van der Waals surface area contributed by atoms with Gasteiger partial charge in [-0.05, 0) is 172 Å². The number of aromatic nitrogens is 10. The molecule has 42 heteroatoms. The molecule has 0 aromatic carbocycles. The quantitative estimate of drug-likeness (QED) is 0.0536. The van der Waals surface area contributed by atoms with Gasteiger partial charge in [0.1, 0.15) is 107 Å². The third-order valence-electron chi connectivity index (χ3n) is 20.4. The van der Waals surface area contributed by atoms with Gasteiger partial charge in [0.05, 0.1) is 29.0 Å². The van der Waals surface area contributed by atoms with Gasteiger partial charge in [-0.2, -0.15) is 0 Å². The Bertz CT molecular complexity index is 5090. The minimum atomic E-state index is -1.43. The molecule has 0 radical (unpaired) electrons. The lowest BCUT2D eigenvalue weighted by molar-refractivity contribution is -0.125. The van der Waals surface area contributed by atoms with Crippen LogP contribution in [0.15, 0.2) is 89.6 Å². The summed E-state index contributed by atoms with van der Waals surface area (Å²) in [6.45, 7) is 0. The van der Waals surface area contributed by atoms with Crippen molar-refractivity contribution >= 4 is 172 Å². The Labute approximate surface area is 681 Å². The lowest BCUT2D eigenvalue weighted by Gasteiger charge is -2.38. The first kappa shape index (κ1) is 83.7. The summed E-state index contributed by atoms with van der Waals surface area (Å²) < 4.78 is 60.7. The molecule has 10 heterocycles. The maximum absolute atomic E-state index is 15.0. The van der Waals surface area contributed by atoms with E-state index in [2.05, 4.69) is 109 Å². The predicted molar refractivity (Wildman–Crippen MR) is 419 cm³/mol. The van der Waals surface area contributed by atoms with Crippen LogP contribution in [-0.2, 0) is 36.2 Å². The summed E-state index contributed by atoms with van der Waals surface area (Å²) in [7, 11) is 0. The van der Waals surface area contributed by atoms with E-state index in [0.717, 1.165) is 73.3 Å². The number of hydrogen-bond acceptors (Lipinski definition) is 21. The number of carbonyl (C=O) groups excluding carboxylic acids is 8. The molecule has 3 aliphatic heterocycles. The number of amides is 7. The zero-order valence-electron chi connectivity index (χ0n) is 60.2. The monoisotopic (exact) mass is 1780 g/mol. The third kappa shape index (κ3) is 18.3. The van der Waals surface area contributed by atoms with Crippen molar-refractivity contribution in [2.75, 3.05) is 32.3 Å². The second kappa shape index (κ2) is 35.1. The van der Waals surface area contributed by atoms with Crippen LogP contribution in [0.3, 0.4) is 0 Å². The number of nitrogen functional groups attached to an aromatic ring is 1. The van der Waals surface area contributed by atoms with E-state index in [4.69, 9.17) is 57.9 Å². The summed E-state index contributed by atoms with van der Waals surface area (Å²) >= 11 is 30.3. The fourth-order valence-electron chi connectivity index (χ4n) is 14.2. The number of pyridine rings is 4. The van der Waals surface area contributed by atoms with E-state index in [0.29, 0.717) is 87.5 Å². The number of H-pyrrole nitrogens is 1. The average Bonchev–Trinajstić information content (AvgIpc) is 1.57. The van der Waals surface area contributed by atoms with Gasteiger partial charge in [0.2, 0.25) is 17.7 Å². The highest BCUT2D eigenvalue weighted by molar-refractivity contribution is 9.10. The van der Waals surface area contributed by atoms with Crippen molar-refractivity contribution in [2.24, 2.45) is 23.5 Å². The van der Waals surface area contributed by atoms with Crippen LogP contribution >= 0.6 is 78.3 Å². The zero-order valence-corrected chi connectivity index (χ0v) is 66.4. The van der Waals surface area contributed by atoms with Crippen LogP contribution < -0.4 is 76.2 Å². The molecule has 7 unspecified atom stereocenters. The number of Topliss-reactive ketones (excluding diaryl/α,β-unsaturated/α-hetero) is 1. The van der Waals surface area contributed by atoms with Gasteiger partial charge < -0.3 is 59.0 Å². The summed E-state index contributed by atoms with van der Waals surface area (Å²) in [5, 5.41) is 22.2. The first-order chi connectivity index (χ1) is 54.3. The molecule has 3 spiro atoms. The molecular formula is C72H74Br2Cl4F4N20O12. The topological polar surface area (TPSA) is 461 Å². The first-order valence-electron chi connectivity index (χ1n) is 36.5. The molecule has 13 N–H and O–H groups in total. The van der Waals surface area contributed by atoms with Gasteiger partial charge in [-0.3, -0.25) is 71.2 Å². The smallest absolute Gasteiger partial charge is 0.277 e. The number of halogens is 10. The maximum Gasteiger partial charge on any atom is 0.277 e. The van der Waals surface area contributed by atoms with Gasteiger partial charge in [-0.15, -0.1) is 0 Å². The summed E-state index contributed by atoms with van der Waals surface area (Å²) in [6, 6.07) is 9.88. The van der Waals surface area contributed by atoms with Gasteiger partial charge in [0, 0.05) is 42.4 Å². The van der Waals surface area contributed by atoms with E-state index in [1.165, 1.54) is 59.9 Å². The predicted octanol–water partition coefficient (Wildman–Crippen LogP) is 10.7. The highest BCUT2D eigenvalue weighted by Gasteiger charge is 2.55. The third-order valence-corrected chi connectivity index (χ3v) is 22.7. The Morgan fingerprint density at radius 3 is 1.17 bits per heavy atom. The fourth-order valence-corrected chi connectivity index (χ4v) is 16.2. The molecule has 17 rings (SSSR count). The minimum absolute atomic E-state index is 0.0110. The van der Waals surface area contributed by atoms with Crippen molar-refractivity contribution in [1.82, 2.24) is 64.5 Å². The first-order valence-corrected chi connectivity index (χ1v) is 39.6. The Balaban J connectivity index is 0.000000134. The number of anilines is 8. The molecule has 32 nitrogen and oxygen atoms in total. The number of nitrogens with one attached hydrogen (secondary N) is 9. The van der Waals surface area contributed by atoms with Gasteiger partial charge >= 0.3 is 0 Å². The number of hydrogen-bond donors (Lipinski definition) is 11. The second-order valence-corrected chi connectivity index (χ2v) is 31.9. The summed E-state index contributed by atoms with van der Waals surface area (Å²) in [4.78, 5) is 169. The Morgan fingerprint density at radius 2 is 0.807 bits per heavy atom. The fraction of sp³-hybridized carbons (Fsp3) is 0.444. The number of rotatable bonds is 11. The molecule has 0 bridgehead atoms. The van der Waals surface area contributed by atoms with Crippen molar-refractivity contribution in [1.29, 1.82) is 0 Å². The molecule has 0 saturated heterocycles. The normalized spacial score (nSPS) is 23.2. The number of fused-ring (bicyclic) bond motifs is 6. The van der Waals surface area contributed by atoms with Gasteiger partial charge in [0.25, 0.3) is 45.9 Å². The number of carbonyl (C=O) groups is 8. The molecular weight excluding hydrogens is 1710 g/mol. The van der Waals surface area contributed by atoms with Crippen LogP contribution in [0.4, 0.5) is 63.8 Å². The number of nitrogens with zero attached hydrogens (tertiary/aromatic N) is 9. The van der Waals surface area contributed by atoms with Gasteiger partial charge in [-0.1, -0.05) is 65.7 Å². The summed E-state index contributed by atoms with van der Waals surface area (Å²) in [6.07, 6.45) is 12.8. The average molecular weight is 1790 g/mol. The maximum atomic E-state index is 15.0. The Kier molecular flexibility index (Phi) is 25.8. The molecule has 604 valence electrons.